The quantitative estimate of drug-likeness (QED) is 0.440. The highest BCUT2D eigenvalue weighted by atomic mass is 32.1. The maximum Gasteiger partial charge on any atom is 0.266 e. The summed E-state index contributed by atoms with van der Waals surface area (Å²) in [5.74, 6) is 0.570. The van der Waals surface area contributed by atoms with Crippen LogP contribution in [0.25, 0.3) is 21.0 Å². The Bertz CT molecular complexity index is 1150. The van der Waals surface area contributed by atoms with Crippen molar-refractivity contribution in [1.82, 2.24) is 4.98 Å². The molecule has 3 aromatic carbocycles. The van der Waals surface area contributed by atoms with E-state index < -0.39 is 0 Å². The number of amides is 1. The van der Waals surface area contributed by atoms with E-state index in [1.165, 1.54) is 11.3 Å². The predicted molar refractivity (Wildman–Crippen MR) is 120 cm³/mol. The summed E-state index contributed by atoms with van der Waals surface area (Å²) >= 11 is 1.52. The van der Waals surface area contributed by atoms with Crippen molar-refractivity contribution in [1.29, 1.82) is 0 Å². The normalized spacial score (nSPS) is 16.2. The van der Waals surface area contributed by atoms with Crippen molar-refractivity contribution in [3.63, 3.8) is 0 Å². The first kappa shape index (κ1) is 19.0. The molecule has 2 heterocycles. The maximum atomic E-state index is 13.2. The molecule has 1 saturated heterocycles. The van der Waals surface area contributed by atoms with Crippen LogP contribution in [-0.4, -0.2) is 36.8 Å². The average Bonchev–Trinajstić information content (AvgIpc) is 3.45. The third-order valence-electron chi connectivity index (χ3n) is 5.31. The summed E-state index contributed by atoms with van der Waals surface area (Å²) in [5.41, 5.74) is 0.901. The molecule has 1 amide bonds. The van der Waals surface area contributed by atoms with Crippen molar-refractivity contribution in [3.05, 3.63) is 66.7 Å². The number of ether oxygens (including phenoxy) is 2. The fourth-order valence-corrected chi connectivity index (χ4v) is 4.73. The number of anilines is 1. The van der Waals surface area contributed by atoms with Crippen LogP contribution < -0.4 is 9.64 Å². The van der Waals surface area contributed by atoms with Gasteiger partial charge in [-0.25, -0.2) is 4.98 Å². The van der Waals surface area contributed by atoms with Gasteiger partial charge in [0.25, 0.3) is 5.91 Å². The van der Waals surface area contributed by atoms with Crippen molar-refractivity contribution >= 4 is 43.4 Å². The number of nitrogens with zero attached hydrogens (tertiary/aromatic N) is 2. The number of hydrogen-bond acceptors (Lipinski definition) is 5. The molecule has 5 nitrogen and oxygen atoms in total. The molecule has 0 saturated carbocycles. The van der Waals surface area contributed by atoms with Crippen molar-refractivity contribution in [2.75, 3.05) is 24.7 Å². The van der Waals surface area contributed by atoms with Crippen molar-refractivity contribution in [2.24, 2.45) is 0 Å². The van der Waals surface area contributed by atoms with E-state index in [1.807, 2.05) is 60.7 Å². The van der Waals surface area contributed by atoms with Gasteiger partial charge in [0.1, 0.15) is 5.75 Å². The molecular weight excluding hydrogens is 396 g/mol. The van der Waals surface area contributed by atoms with Gasteiger partial charge in [-0.3, -0.25) is 9.69 Å². The molecule has 0 radical (unpaired) electrons. The van der Waals surface area contributed by atoms with Gasteiger partial charge in [-0.05, 0) is 47.9 Å². The van der Waals surface area contributed by atoms with E-state index in [2.05, 4.69) is 11.1 Å². The standard InChI is InChI=1S/C24H22N2O3S/c27-23(16-29-19-12-11-17-6-1-2-7-18(17)14-19)26(15-20-8-5-13-28-20)24-25-21-9-3-4-10-22(21)30-24/h1-4,6-7,9-12,14,20H,5,8,13,15-16H2. The van der Waals surface area contributed by atoms with E-state index in [1.54, 1.807) is 4.90 Å². The molecule has 0 N–H and O–H groups in total. The SMILES string of the molecule is O=C(COc1ccc2ccccc2c1)N(CC1CCCO1)c1nc2ccccc2s1. The lowest BCUT2D eigenvalue weighted by Crippen LogP contribution is -2.40. The molecule has 0 aliphatic carbocycles. The molecule has 1 unspecified atom stereocenters. The summed E-state index contributed by atoms with van der Waals surface area (Å²) in [6, 6.07) is 21.9. The van der Waals surface area contributed by atoms with Crippen molar-refractivity contribution in [2.45, 2.75) is 18.9 Å². The van der Waals surface area contributed by atoms with Gasteiger partial charge in [0, 0.05) is 6.61 Å². The van der Waals surface area contributed by atoms with E-state index in [-0.39, 0.29) is 18.6 Å². The molecule has 1 aliphatic heterocycles. The van der Waals surface area contributed by atoms with Gasteiger partial charge in [0.15, 0.2) is 11.7 Å². The van der Waals surface area contributed by atoms with Crippen LogP contribution in [0.5, 0.6) is 5.75 Å². The van der Waals surface area contributed by atoms with Crippen LogP contribution in [0, 0.1) is 0 Å². The lowest BCUT2D eigenvalue weighted by molar-refractivity contribution is -0.120. The van der Waals surface area contributed by atoms with Crippen LogP contribution in [0.15, 0.2) is 66.7 Å². The van der Waals surface area contributed by atoms with Crippen LogP contribution >= 0.6 is 11.3 Å². The highest BCUT2D eigenvalue weighted by Gasteiger charge is 2.26. The number of benzene rings is 3. The zero-order valence-corrected chi connectivity index (χ0v) is 17.3. The van der Waals surface area contributed by atoms with Gasteiger partial charge < -0.3 is 9.47 Å². The molecule has 0 spiro atoms. The largest absolute Gasteiger partial charge is 0.484 e. The van der Waals surface area contributed by atoms with Crippen LogP contribution in [-0.2, 0) is 9.53 Å². The first-order valence-corrected chi connectivity index (χ1v) is 11.0. The minimum atomic E-state index is -0.113. The monoisotopic (exact) mass is 418 g/mol. The number of rotatable bonds is 6. The topological polar surface area (TPSA) is 51.7 Å². The van der Waals surface area contributed by atoms with Gasteiger partial charge >= 0.3 is 0 Å². The second-order valence-electron chi connectivity index (χ2n) is 7.40. The van der Waals surface area contributed by atoms with E-state index >= 15 is 0 Å². The number of thiazole rings is 1. The predicted octanol–water partition coefficient (Wildman–Crippen LogP) is 5.04. The highest BCUT2D eigenvalue weighted by molar-refractivity contribution is 7.22. The van der Waals surface area contributed by atoms with E-state index in [0.717, 1.165) is 40.4 Å². The maximum absolute atomic E-state index is 13.2. The number of para-hydroxylation sites is 1. The summed E-state index contributed by atoms with van der Waals surface area (Å²) in [4.78, 5) is 19.6. The molecule has 1 atom stereocenters. The number of carbonyl (C=O) groups is 1. The third kappa shape index (κ3) is 4.01. The third-order valence-corrected chi connectivity index (χ3v) is 6.37. The van der Waals surface area contributed by atoms with Crippen LogP contribution in [0.4, 0.5) is 5.13 Å². The Morgan fingerprint density at radius 2 is 1.93 bits per heavy atom. The number of aromatic nitrogens is 1. The Morgan fingerprint density at radius 3 is 2.77 bits per heavy atom. The van der Waals surface area contributed by atoms with Gasteiger partial charge in [-0.2, -0.15) is 0 Å². The van der Waals surface area contributed by atoms with Gasteiger partial charge in [0.05, 0.1) is 22.9 Å². The van der Waals surface area contributed by atoms with E-state index in [0.29, 0.717) is 17.4 Å². The zero-order chi connectivity index (χ0) is 20.3. The lowest BCUT2D eigenvalue weighted by atomic mass is 10.1. The van der Waals surface area contributed by atoms with Crippen molar-refractivity contribution in [3.8, 4) is 5.75 Å². The fraction of sp³-hybridized carbons (Fsp3) is 0.250. The minimum absolute atomic E-state index is 0.0407. The Morgan fingerprint density at radius 1 is 1.10 bits per heavy atom. The number of hydrogen-bond donors (Lipinski definition) is 0. The molecule has 1 aliphatic rings. The minimum Gasteiger partial charge on any atom is -0.484 e. The smallest absolute Gasteiger partial charge is 0.266 e. The Labute approximate surface area is 178 Å². The van der Waals surface area contributed by atoms with E-state index in [9.17, 15) is 4.79 Å². The molecule has 30 heavy (non-hydrogen) atoms. The number of carbonyl (C=O) groups excluding carboxylic acids is 1. The first-order chi connectivity index (χ1) is 14.8. The Balaban J connectivity index is 1.36. The molecule has 0 bridgehead atoms. The average molecular weight is 419 g/mol. The molecule has 152 valence electrons. The molecule has 6 heteroatoms. The summed E-state index contributed by atoms with van der Waals surface area (Å²) in [6.45, 7) is 1.21. The Kier molecular flexibility index (Phi) is 5.34. The first-order valence-electron chi connectivity index (χ1n) is 10.2. The number of fused-ring (bicyclic) bond motifs is 2. The molecule has 1 fully saturated rings. The van der Waals surface area contributed by atoms with Gasteiger partial charge in [-0.15, -0.1) is 0 Å². The summed E-state index contributed by atoms with van der Waals surface area (Å²) in [7, 11) is 0. The zero-order valence-electron chi connectivity index (χ0n) is 16.5. The Hall–Kier alpha value is -2.96. The molecular formula is C24H22N2O3S. The molecule has 1 aromatic heterocycles. The van der Waals surface area contributed by atoms with Crippen LogP contribution in [0.1, 0.15) is 12.8 Å². The summed E-state index contributed by atoms with van der Waals surface area (Å²) < 4.78 is 12.7. The second-order valence-corrected chi connectivity index (χ2v) is 8.41. The van der Waals surface area contributed by atoms with Gasteiger partial charge in [0.2, 0.25) is 0 Å². The second kappa shape index (κ2) is 8.42. The van der Waals surface area contributed by atoms with E-state index in [4.69, 9.17) is 9.47 Å². The van der Waals surface area contributed by atoms with Crippen LogP contribution in [0.3, 0.4) is 0 Å². The van der Waals surface area contributed by atoms with Crippen molar-refractivity contribution < 1.29 is 14.3 Å². The van der Waals surface area contributed by atoms with Gasteiger partial charge in [-0.1, -0.05) is 53.8 Å². The summed E-state index contributed by atoms with van der Waals surface area (Å²) in [6.07, 6.45) is 2.03. The molecule has 5 rings (SSSR count). The summed E-state index contributed by atoms with van der Waals surface area (Å²) in [5, 5.41) is 2.93. The lowest BCUT2D eigenvalue weighted by Gasteiger charge is -2.23. The fourth-order valence-electron chi connectivity index (χ4n) is 3.73. The molecule has 4 aromatic rings. The highest BCUT2D eigenvalue weighted by Crippen LogP contribution is 2.30. The van der Waals surface area contributed by atoms with Crippen LogP contribution in [0.2, 0.25) is 0 Å².